The number of sulfonamides is 1. The highest BCUT2D eigenvalue weighted by atomic mass is 79.9. The molecule has 1 aromatic carbocycles. The number of aliphatic hydroxyl groups excluding tert-OH is 1. The standard InChI is InChI=1S/C10H12BrCl2NO3S/c1-2-7(5-15)14-18(16,17)10-8(12)3-6(11)4-9(10)13/h3-4,7,14-15H,2,5H2,1H3/t7-/m1/s1. The first kappa shape index (κ1) is 16.2. The van der Waals surface area contributed by atoms with Crippen molar-refractivity contribution in [2.24, 2.45) is 0 Å². The van der Waals surface area contributed by atoms with E-state index in [9.17, 15) is 8.42 Å². The monoisotopic (exact) mass is 375 g/mol. The molecule has 102 valence electrons. The first-order valence-electron chi connectivity index (χ1n) is 5.09. The highest BCUT2D eigenvalue weighted by molar-refractivity contribution is 9.10. The molecule has 0 saturated heterocycles. The van der Waals surface area contributed by atoms with Gasteiger partial charge in [-0.15, -0.1) is 0 Å². The number of aliphatic hydroxyl groups is 1. The Morgan fingerprint density at radius 3 is 2.28 bits per heavy atom. The van der Waals surface area contributed by atoms with Gasteiger partial charge in [-0.2, -0.15) is 0 Å². The van der Waals surface area contributed by atoms with Crippen LogP contribution in [0.2, 0.25) is 10.0 Å². The summed E-state index contributed by atoms with van der Waals surface area (Å²) in [6, 6.07) is 2.33. The van der Waals surface area contributed by atoms with Gasteiger partial charge in [-0.25, -0.2) is 13.1 Å². The summed E-state index contributed by atoms with van der Waals surface area (Å²) in [6.07, 6.45) is 0.460. The summed E-state index contributed by atoms with van der Waals surface area (Å²) < 4.78 is 27.2. The van der Waals surface area contributed by atoms with Crippen LogP contribution in [0, 0.1) is 0 Å². The van der Waals surface area contributed by atoms with Gasteiger partial charge >= 0.3 is 0 Å². The predicted octanol–water partition coefficient (Wildman–Crippen LogP) is 2.81. The number of hydrogen-bond donors (Lipinski definition) is 2. The molecule has 0 radical (unpaired) electrons. The van der Waals surface area contributed by atoms with Crippen LogP contribution in [0.1, 0.15) is 13.3 Å². The van der Waals surface area contributed by atoms with Crippen molar-refractivity contribution in [3.05, 3.63) is 26.7 Å². The van der Waals surface area contributed by atoms with Gasteiger partial charge in [0.15, 0.2) is 0 Å². The molecule has 8 heteroatoms. The second kappa shape index (κ2) is 6.54. The molecule has 2 N–H and O–H groups in total. The number of nitrogens with one attached hydrogen (secondary N) is 1. The molecule has 1 rings (SSSR count). The molecule has 0 aliphatic rings. The Kier molecular flexibility index (Phi) is 5.89. The van der Waals surface area contributed by atoms with Crippen LogP contribution in [0.3, 0.4) is 0 Å². The lowest BCUT2D eigenvalue weighted by molar-refractivity contribution is 0.254. The van der Waals surface area contributed by atoms with Crippen molar-refractivity contribution in [2.45, 2.75) is 24.3 Å². The highest BCUT2D eigenvalue weighted by Gasteiger charge is 2.24. The van der Waals surface area contributed by atoms with Gasteiger partial charge in [-0.05, 0) is 18.6 Å². The highest BCUT2D eigenvalue weighted by Crippen LogP contribution is 2.32. The third-order valence-corrected chi connectivity index (χ3v) is 5.17. The van der Waals surface area contributed by atoms with Crippen molar-refractivity contribution in [1.82, 2.24) is 4.72 Å². The van der Waals surface area contributed by atoms with E-state index in [1.165, 1.54) is 12.1 Å². The third kappa shape index (κ3) is 3.82. The normalized spacial score (nSPS) is 13.6. The maximum atomic E-state index is 12.1. The minimum atomic E-state index is -3.86. The van der Waals surface area contributed by atoms with Gasteiger partial charge in [-0.1, -0.05) is 46.1 Å². The second-order valence-electron chi connectivity index (χ2n) is 3.61. The summed E-state index contributed by atoms with van der Waals surface area (Å²) in [6.45, 7) is 1.47. The minimum absolute atomic E-state index is 0.0228. The molecular formula is C10H12BrCl2NO3S. The van der Waals surface area contributed by atoms with E-state index in [-0.39, 0.29) is 21.5 Å². The lowest BCUT2D eigenvalue weighted by atomic mass is 10.3. The van der Waals surface area contributed by atoms with Crippen LogP contribution in [0.15, 0.2) is 21.5 Å². The fourth-order valence-electron chi connectivity index (χ4n) is 1.31. The molecule has 0 aliphatic carbocycles. The zero-order valence-corrected chi connectivity index (χ0v) is 13.4. The number of halogens is 3. The van der Waals surface area contributed by atoms with Gasteiger partial charge < -0.3 is 5.11 Å². The Labute approximate surface area is 124 Å². The molecular weight excluding hydrogens is 365 g/mol. The van der Waals surface area contributed by atoms with Crippen molar-refractivity contribution < 1.29 is 13.5 Å². The second-order valence-corrected chi connectivity index (χ2v) is 6.99. The zero-order chi connectivity index (χ0) is 13.9. The molecule has 1 atom stereocenters. The fourth-order valence-corrected chi connectivity index (χ4v) is 4.56. The van der Waals surface area contributed by atoms with Gasteiger partial charge in [-0.3, -0.25) is 0 Å². The van der Waals surface area contributed by atoms with E-state index in [0.717, 1.165) is 0 Å². The van der Waals surface area contributed by atoms with E-state index in [4.69, 9.17) is 28.3 Å². The molecule has 4 nitrogen and oxygen atoms in total. The van der Waals surface area contributed by atoms with E-state index in [1.807, 2.05) is 0 Å². The molecule has 0 heterocycles. The Hall–Kier alpha value is 0.150. The van der Waals surface area contributed by atoms with Crippen molar-refractivity contribution in [3.63, 3.8) is 0 Å². The van der Waals surface area contributed by atoms with Crippen LogP contribution >= 0.6 is 39.1 Å². The smallest absolute Gasteiger partial charge is 0.243 e. The fraction of sp³-hybridized carbons (Fsp3) is 0.400. The van der Waals surface area contributed by atoms with Gasteiger partial charge in [0.05, 0.1) is 16.7 Å². The van der Waals surface area contributed by atoms with E-state index < -0.39 is 16.1 Å². The first-order valence-corrected chi connectivity index (χ1v) is 8.12. The third-order valence-electron chi connectivity index (χ3n) is 2.27. The largest absolute Gasteiger partial charge is 0.395 e. The molecule has 0 unspecified atom stereocenters. The Morgan fingerprint density at radius 2 is 1.89 bits per heavy atom. The van der Waals surface area contributed by atoms with Crippen LogP contribution in [0.25, 0.3) is 0 Å². The SMILES string of the molecule is CC[C@H](CO)NS(=O)(=O)c1c(Cl)cc(Br)cc1Cl. The molecule has 0 fully saturated rings. The van der Waals surface area contributed by atoms with Gasteiger partial charge in [0.2, 0.25) is 10.0 Å². The molecule has 0 bridgehead atoms. The van der Waals surface area contributed by atoms with E-state index in [1.54, 1.807) is 6.92 Å². The lowest BCUT2D eigenvalue weighted by Gasteiger charge is -2.16. The van der Waals surface area contributed by atoms with Crippen LogP contribution in [-0.4, -0.2) is 26.2 Å². The quantitative estimate of drug-likeness (QED) is 0.830. The van der Waals surface area contributed by atoms with E-state index >= 15 is 0 Å². The Morgan fingerprint density at radius 1 is 1.39 bits per heavy atom. The number of benzene rings is 1. The number of hydrogen-bond acceptors (Lipinski definition) is 3. The van der Waals surface area contributed by atoms with Crippen molar-refractivity contribution >= 4 is 49.2 Å². The van der Waals surface area contributed by atoms with Crippen molar-refractivity contribution in [1.29, 1.82) is 0 Å². The Bertz CT molecular complexity index is 509. The van der Waals surface area contributed by atoms with Gasteiger partial charge in [0.25, 0.3) is 0 Å². The Balaban J connectivity index is 3.21. The average Bonchev–Trinajstić information content (AvgIpc) is 2.23. The lowest BCUT2D eigenvalue weighted by Crippen LogP contribution is -2.37. The van der Waals surface area contributed by atoms with Gasteiger partial charge in [0.1, 0.15) is 4.90 Å². The summed E-state index contributed by atoms with van der Waals surface area (Å²) in [5, 5.41) is 9.06. The van der Waals surface area contributed by atoms with E-state index in [0.29, 0.717) is 10.9 Å². The first-order chi connectivity index (χ1) is 8.31. The van der Waals surface area contributed by atoms with Crippen LogP contribution in [-0.2, 0) is 10.0 Å². The molecule has 0 aliphatic heterocycles. The van der Waals surface area contributed by atoms with Crippen molar-refractivity contribution in [3.8, 4) is 0 Å². The topological polar surface area (TPSA) is 66.4 Å². The molecule has 1 aromatic rings. The predicted molar refractivity (Wildman–Crippen MR) is 75.6 cm³/mol. The van der Waals surface area contributed by atoms with Crippen LogP contribution < -0.4 is 4.72 Å². The minimum Gasteiger partial charge on any atom is -0.395 e. The summed E-state index contributed by atoms with van der Waals surface area (Å²) in [5.41, 5.74) is 0. The maximum Gasteiger partial charge on any atom is 0.243 e. The summed E-state index contributed by atoms with van der Waals surface area (Å²) in [5.74, 6) is 0. The molecule has 0 saturated carbocycles. The average molecular weight is 377 g/mol. The van der Waals surface area contributed by atoms with Crippen molar-refractivity contribution in [2.75, 3.05) is 6.61 Å². The van der Waals surface area contributed by atoms with E-state index in [2.05, 4.69) is 20.7 Å². The summed E-state index contributed by atoms with van der Waals surface area (Å²) in [4.78, 5) is -0.180. The summed E-state index contributed by atoms with van der Waals surface area (Å²) in [7, 11) is -3.86. The summed E-state index contributed by atoms with van der Waals surface area (Å²) >= 11 is 15.0. The zero-order valence-electron chi connectivity index (χ0n) is 9.45. The molecule has 0 spiro atoms. The van der Waals surface area contributed by atoms with Gasteiger partial charge in [0, 0.05) is 10.5 Å². The van der Waals surface area contributed by atoms with Crippen LogP contribution in [0.4, 0.5) is 0 Å². The molecule has 18 heavy (non-hydrogen) atoms. The maximum absolute atomic E-state index is 12.1. The molecule has 0 aromatic heterocycles. The molecule has 0 amide bonds. The van der Waals surface area contributed by atoms with Crippen LogP contribution in [0.5, 0.6) is 0 Å². The number of rotatable bonds is 5.